The molecule has 92 valence electrons. The number of aryl methyl sites for hydroxylation is 1. The number of aromatic hydroxyl groups is 1. The number of rotatable bonds is 3. The summed E-state index contributed by atoms with van der Waals surface area (Å²) in [5.74, 6) is 0.781. The molecule has 0 unspecified atom stereocenters. The van der Waals surface area contributed by atoms with Gasteiger partial charge in [0.25, 0.3) is 0 Å². The van der Waals surface area contributed by atoms with Crippen molar-refractivity contribution in [2.45, 2.75) is 6.92 Å². The lowest BCUT2D eigenvalue weighted by Crippen LogP contribution is -1.90. The molecule has 0 aliphatic carbocycles. The number of carbonyl (C=O) groups excluding carboxylic acids is 1. The minimum absolute atomic E-state index is 0.0146. The average molecular weight is 242 g/mol. The average Bonchev–Trinajstić information content (AvgIpc) is 2.39. The summed E-state index contributed by atoms with van der Waals surface area (Å²) in [7, 11) is 1.61. The standard InChI is InChI=1S/C15H14O3/c1-10-8-12(18-2)6-7-13(10)14-5-3-4-11(9-16)15(14)17/h3-9,17H,1-2H3. The number of carbonyl (C=O) groups is 1. The smallest absolute Gasteiger partial charge is 0.153 e. The fourth-order valence-electron chi connectivity index (χ4n) is 1.94. The normalized spacial score (nSPS) is 10.1. The van der Waals surface area contributed by atoms with Gasteiger partial charge in [-0.2, -0.15) is 0 Å². The van der Waals surface area contributed by atoms with Crippen LogP contribution in [-0.4, -0.2) is 18.5 Å². The third kappa shape index (κ3) is 2.07. The van der Waals surface area contributed by atoms with Crippen LogP contribution in [0.2, 0.25) is 0 Å². The molecule has 2 aromatic carbocycles. The summed E-state index contributed by atoms with van der Waals surface area (Å²) < 4.78 is 5.14. The van der Waals surface area contributed by atoms with Crippen LogP contribution in [0.15, 0.2) is 36.4 Å². The van der Waals surface area contributed by atoms with Gasteiger partial charge < -0.3 is 9.84 Å². The number of para-hydroxylation sites is 1. The molecule has 0 bridgehead atoms. The van der Waals surface area contributed by atoms with Crippen molar-refractivity contribution in [3.63, 3.8) is 0 Å². The first-order chi connectivity index (χ1) is 8.67. The van der Waals surface area contributed by atoms with E-state index in [9.17, 15) is 9.90 Å². The van der Waals surface area contributed by atoms with Gasteiger partial charge in [-0.25, -0.2) is 0 Å². The van der Waals surface area contributed by atoms with E-state index in [1.807, 2.05) is 25.1 Å². The molecule has 0 amide bonds. The van der Waals surface area contributed by atoms with Gasteiger partial charge in [0, 0.05) is 5.56 Å². The van der Waals surface area contributed by atoms with E-state index >= 15 is 0 Å². The van der Waals surface area contributed by atoms with Gasteiger partial charge in [0.2, 0.25) is 0 Å². The van der Waals surface area contributed by atoms with Gasteiger partial charge in [-0.15, -0.1) is 0 Å². The molecule has 18 heavy (non-hydrogen) atoms. The van der Waals surface area contributed by atoms with E-state index in [4.69, 9.17) is 4.74 Å². The molecule has 0 atom stereocenters. The van der Waals surface area contributed by atoms with Gasteiger partial charge in [0.15, 0.2) is 6.29 Å². The van der Waals surface area contributed by atoms with Gasteiger partial charge in [0.1, 0.15) is 11.5 Å². The molecule has 0 saturated heterocycles. The van der Waals surface area contributed by atoms with Crippen LogP contribution in [0.3, 0.4) is 0 Å². The molecule has 0 aliphatic heterocycles. The van der Waals surface area contributed by atoms with E-state index < -0.39 is 0 Å². The fraction of sp³-hybridized carbons (Fsp3) is 0.133. The number of benzene rings is 2. The number of hydrogen-bond donors (Lipinski definition) is 1. The van der Waals surface area contributed by atoms with Crippen molar-refractivity contribution in [2.24, 2.45) is 0 Å². The van der Waals surface area contributed by atoms with Gasteiger partial charge in [-0.1, -0.05) is 18.2 Å². The number of methoxy groups -OCH3 is 1. The van der Waals surface area contributed by atoms with Crippen LogP contribution >= 0.6 is 0 Å². The quantitative estimate of drug-likeness (QED) is 0.841. The predicted octanol–water partition coefficient (Wildman–Crippen LogP) is 3.19. The summed E-state index contributed by atoms with van der Waals surface area (Å²) in [6, 6.07) is 10.7. The molecule has 0 aliphatic rings. The van der Waals surface area contributed by atoms with E-state index in [-0.39, 0.29) is 5.75 Å². The summed E-state index contributed by atoms with van der Waals surface area (Å²) in [5, 5.41) is 10.0. The second-order valence-electron chi connectivity index (χ2n) is 4.04. The monoisotopic (exact) mass is 242 g/mol. The second kappa shape index (κ2) is 4.92. The Morgan fingerprint density at radius 2 is 1.94 bits per heavy atom. The molecule has 3 heteroatoms. The van der Waals surface area contributed by atoms with Crippen molar-refractivity contribution in [1.82, 2.24) is 0 Å². The highest BCUT2D eigenvalue weighted by Crippen LogP contribution is 2.34. The summed E-state index contributed by atoms with van der Waals surface area (Å²) in [4.78, 5) is 10.8. The Morgan fingerprint density at radius 3 is 2.56 bits per heavy atom. The van der Waals surface area contributed by atoms with Crippen LogP contribution < -0.4 is 4.74 Å². The lowest BCUT2D eigenvalue weighted by molar-refractivity contribution is 0.112. The lowest BCUT2D eigenvalue weighted by atomic mass is 9.97. The highest BCUT2D eigenvalue weighted by atomic mass is 16.5. The number of hydrogen-bond acceptors (Lipinski definition) is 3. The lowest BCUT2D eigenvalue weighted by Gasteiger charge is -2.10. The molecule has 0 spiro atoms. The summed E-state index contributed by atoms with van der Waals surface area (Å²) in [6.07, 6.45) is 0.650. The molecular formula is C15H14O3. The van der Waals surface area contributed by atoms with Crippen molar-refractivity contribution < 1.29 is 14.6 Å². The summed E-state index contributed by atoms with van der Waals surface area (Å²) in [6.45, 7) is 1.94. The number of aldehydes is 1. The minimum Gasteiger partial charge on any atom is -0.507 e. The first-order valence-corrected chi connectivity index (χ1v) is 5.59. The molecule has 3 nitrogen and oxygen atoms in total. The van der Waals surface area contributed by atoms with E-state index in [0.29, 0.717) is 17.4 Å². The molecule has 0 fully saturated rings. The van der Waals surface area contributed by atoms with Crippen molar-refractivity contribution in [3.8, 4) is 22.6 Å². The zero-order valence-electron chi connectivity index (χ0n) is 10.3. The van der Waals surface area contributed by atoms with E-state index in [2.05, 4.69) is 0 Å². The highest BCUT2D eigenvalue weighted by molar-refractivity contribution is 5.86. The predicted molar refractivity (Wildman–Crippen MR) is 70.2 cm³/mol. The van der Waals surface area contributed by atoms with Crippen LogP contribution in [0.4, 0.5) is 0 Å². The third-order valence-electron chi connectivity index (χ3n) is 2.92. The Labute approximate surface area is 106 Å². The van der Waals surface area contributed by atoms with Crippen LogP contribution in [-0.2, 0) is 0 Å². The molecule has 1 N–H and O–H groups in total. The van der Waals surface area contributed by atoms with E-state index in [0.717, 1.165) is 16.9 Å². The van der Waals surface area contributed by atoms with Crippen LogP contribution in [0.5, 0.6) is 11.5 Å². The molecule has 0 saturated carbocycles. The van der Waals surface area contributed by atoms with Crippen molar-refractivity contribution in [2.75, 3.05) is 7.11 Å². The van der Waals surface area contributed by atoms with Crippen molar-refractivity contribution in [3.05, 3.63) is 47.5 Å². The first kappa shape index (κ1) is 12.2. The maximum atomic E-state index is 10.8. The summed E-state index contributed by atoms with van der Waals surface area (Å²) >= 11 is 0. The van der Waals surface area contributed by atoms with Crippen LogP contribution in [0, 0.1) is 6.92 Å². The maximum absolute atomic E-state index is 10.8. The Bertz CT molecular complexity index is 588. The number of phenolic OH excluding ortho intramolecular Hbond substituents is 1. The SMILES string of the molecule is COc1ccc(-c2cccc(C=O)c2O)c(C)c1. The van der Waals surface area contributed by atoms with Gasteiger partial charge in [0.05, 0.1) is 12.7 Å². The van der Waals surface area contributed by atoms with Crippen LogP contribution in [0.25, 0.3) is 11.1 Å². The second-order valence-corrected chi connectivity index (χ2v) is 4.04. The van der Waals surface area contributed by atoms with Crippen LogP contribution in [0.1, 0.15) is 15.9 Å². The molecule has 2 aromatic rings. The molecule has 2 rings (SSSR count). The van der Waals surface area contributed by atoms with Crippen molar-refractivity contribution >= 4 is 6.29 Å². The van der Waals surface area contributed by atoms with Gasteiger partial charge in [-0.05, 0) is 36.2 Å². The van der Waals surface area contributed by atoms with Gasteiger partial charge >= 0.3 is 0 Å². The van der Waals surface area contributed by atoms with E-state index in [1.54, 1.807) is 25.3 Å². The zero-order chi connectivity index (χ0) is 13.1. The number of ether oxygens (including phenoxy) is 1. The first-order valence-electron chi connectivity index (χ1n) is 5.59. The zero-order valence-corrected chi connectivity index (χ0v) is 10.3. The topological polar surface area (TPSA) is 46.5 Å². The minimum atomic E-state index is 0.0146. The Morgan fingerprint density at radius 1 is 1.17 bits per heavy atom. The molecular weight excluding hydrogens is 228 g/mol. The fourth-order valence-corrected chi connectivity index (χ4v) is 1.94. The maximum Gasteiger partial charge on any atom is 0.153 e. The van der Waals surface area contributed by atoms with E-state index in [1.165, 1.54) is 0 Å². The Hall–Kier alpha value is -2.29. The van der Waals surface area contributed by atoms with Gasteiger partial charge in [-0.3, -0.25) is 4.79 Å². The summed E-state index contributed by atoms with van der Waals surface area (Å²) in [5.41, 5.74) is 2.81. The third-order valence-corrected chi connectivity index (χ3v) is 2.92. The molecule has 0 aromatic heterocycles. The number of phenols is 1. The highest BCUT2D eigenvalue weighted by Gasteiger charge is 2.10. The molecule has 0 radical (unpaired) electrons. The Balaban J connectivity index is 2.58. The largest absolute Gasteiger partial charge is 0.507 e. The molecule has 0 heterocycles. The Kier molecular flexibility index (Phi) is 3.33. The van der Waals surface area contributed by atoms with Crippen molar-refractivity contribution in [1.29, 1.82) is 0 Å².